The first-order valence-corrected chi connectivity index (χ1v) is 7.55. The average molecular weight is 274 g/mol. The summed E-state index contributed by atoms with van der Waals surface area (Å²) in [6.45, 7) is 19.0. The van der Waals surface area contributed by atoms with Crippen molar-refractivity contribution in [2.24, 2.45) is 0 Å². The van der Waals surface area contributed by atoms with Crippen LogP contribution in [0.2, 0.25) is 0 Å². The van der Waals surface area contributed by atoms with Gasteiger partial charge in [0.2, 0.25) is 0 Å². The average Bonchev–Trinajstić information content (AvgIpc) is 2.33. The zero-order chi connectivity index (χ0) is 14.7. The molecule has 116 valence electrons. The lowest BCUT2D eigenvalue weighted by Crippen LogP contribution is -2.48. The van der Waals surface area contributed by atoms with E-state index in [0.29, 0.717) is 6.04 Å². The molecular weight excluding hydrogens is 240 g/mol. The molecule has 0 fully saturated rings. The fourth-order valence-electron chi connectivity index (χ4n) is 1.79. The highest BCUT2D eigenvalue weighted by Gasteiger charge is 2.16. The zero-order valence-electron chi connectivity index (χ0n) is 13.8. The molecule has 0 aromatic carbocycles. The molecule has 0 aromatic heterocycles. The van der Waals surface area contributed by atoms with E-state index in [0.717, 1.165) is 46.1 Å². The molecule has 0 heterocycles. The van der Waals surface area contributed by atoms with Crippen molar-refractivity contribution < 1.29 is 9.47 Å². The number of nitrogens with zero attached hydrogens (tertiary/aromatic N) is 1. The van der Waals surface area contributed by atoms with Crippen molar-refractivity contribution in [3.8, 4) is 0 Å². The minimum atomic E-state index is 0.166. The minimum absolute atomic E-state index is 0.166. The van der Waals surface area contributed by atoms with Crippen LogP contribution >= 0.6 is 0 Å². The molecule has 0 saturated heterocycles. The number of nitrogens with one attached hydrogen (secondary N) is 1. The Bertz CT molecular complexity index is 195. The van der Waals surface area contributed by atoms with Crippen molar-refractivity contribution in [1.29, 1.82) is 0 Å². The fraction of sp³-hybridized carbons (Fsp3) is 1.00. The second-order valence-electron chi connectivity index (χ2n) is 5.91. The molecule has 0 aliphatic rings. The highest BCUT2D eigenvalue weighted by molar-refractivity contribution is 4.76. The van der Waals surface area contributed by atoms with Crippen LogP contribution in [0.4, 0.5) is 0 Å². The van der Waals surface area contributed by atoms with E-state index >= 15 is 0 Å². The van der Waals surface area contributed by atoms with Crippen LogP contribution in [0.15, 0.2) is 0 Å². The highest BCUT2D eigenvalue weighted by Crippen LogP contribution is 2.03. The van der Waals surface area contributed by atoms with Gasteiger partial charge in [-0.25, -0.2) is 0 Å². The van der Waals surface area contributed by atoms with Crippen molar-refractivity contribution in [2.75, 3.05) is 46.1 Å². The molecule has 0 aliphatic heterocycles. The summed E-state index contributed by atoms with van der Waals surface area (Å²) in [5.41, 5.74) is 0.166. The van der Waals surface area contributed by atoms with Crippen LogP contribution in [0.25, 0.3) is 0 Å². The van der Waals surface area contributed by atoms with Crippen molar-refractivity contribution >= 4 is 0 Å². The maximum Gasteiger partial charge on any atom is 0.0593 e. The third-order valence-corrected chi connectivity index (χ3v) is 3.01. The molecule has 1 atom stereocenters. The largest absolute Gasteiger partial charge is 0.380 e. The van der Waals surface area contributed by atoms with E-state index in [1.54, 1.807) is 0 Å². The van der Waals surface area contributed by atoms with Crippen LogP contribution in [0.3, 0.4) is 0 Å². The molecule has 0 spiro atoms. The molecular formula is C15H34N2O2. The molecule has 0 bridgehead atoms. The Morgan fingerprint density at radius 2 is 1.47 bits per heavy atom. The van der Waals surface area contributed by atoms with Gasteiger partial charge in [0.15, 0.2) is 0 Å². The van der Waals surface area contributed by atoms with Gasteiger partial charge in [0.25, 0.3) is 0 Å². The number of rotatable bonds is 11. The van der Waals surface area contributed by atoms with Gasteiger partial charge in [0, 0.05) is 44.4 Å². The van der Waals surface area contributed by atoms with E-state index in [4.69, 9.17) is 9.47 Å². The summed E-state index contributed by atoms with van der Waals surface area (Å²) >= 11 is 0. The Morgan fingerprint density at radius 1 is 1.00 bits per heavy atom. The van der Waals surface area contributed by atoms with Gasteiger partial charge in [-0.2, -0.15) is 0 Å². The molecule has 4 nitrogen and oxygen atoms in total. The number of hydrogen-bond donors (Lipinski definition) is 1. The molecule has 1 unspecified atom stereocenters. The summed E-state index contributed by atoms with van der Waals surface area (Å²) in [5.74, 6) is 0. The molecule has 0 rings (SSSR count). The van der Waals surface area contributed by atoms with Gasteiger partial charge >= 0.3 is 0 Å². The van der Waals surface area contributed by atoms with Crippen LogP contribution in [-0.4, -0.2) is 62.5 Å². The first-order valence-electron chi connectivity index (χ1n) is 7.55. The van der Waals surface area contributed by atoms with Gasteiger partial charge in [-0.05, 0) is 41.5 Å². The molecule has 0 saturated carbocycles. The fourth-order valence-corrected chi connectivity index (χ4v) is 1.79. The zero-order valence-corrected chi connectivity index (χ0v) is 13.8. The highest BCUT2D eigenvalue weighted by atomic mass is 16.5. The van der Waals surface area contributed by atoms with E-state index in [1.807, 2.05) is 13.8 Å². The Morgan fingerprint density at radius 3 is 1.84 bits per heavy atom. The SMILES string of the molecule is CCOCCN(CCOCC)C(C)CNC(C)(C)C. The Kier molecular flexibility index (Phi) is 10.5. The second kappa shape index (κ2) is 10.6. The summed E-state index contributed by atoms with van der Waals surface area (Å²) in [6, 6.07) is 0.486. The van der Waals surface area contributed by atoms with Gasteiger partial charge in [-0.1, -0.05) is 0 Å². The topological polar surface area (TPSA) is 33.7 Å². The van der Waals surface area contributed by atoms with Crippen LogP contribution in [0.1, 0.15) is 41.5 Å². The lowest BCUT2D eigenvalue weighted by atomic mass is 10.1. The molecule has 19 heavy (non-hydrogen) atoms. The summed E-state index contributed by atoms with van der Waals surface area (Å²) in [5, 5.41) is 3.56. The third kappa shape index (κ3) is 11.4. The summed E-state index contributed by atoms with van der Waals surface area (Å²) in [4.78, 5) is 2.43. The summed E-state index contributed by atoms with van der Waals surface area (Å²) < 4.78 is 10.9. The molecule has 0 radical (unpaired) electrons. The van der Waals surface area contributed by atoms with Crippen LogP contribution < -0.4 is 5.32 Å². The molecule has 0 aromatic rings. The summed E-state index contributed by atoms with van der Waals surface area (Å²) in [7, 11) is 0. The first-order chi connectivity index (χ1) is 8.90. The smallest absolute Gasteiger partial charge is 0.0593 e. The van der Waals surface area contributed by atoms with Crippen LogP contribution in [0.5, 0.6) is 0 Å². The summed E-state index contributed by atoms with van der Waals surface area (Å²) in [6.07, 6.45) is 0. The number of hydrogen-bond acceptors (Lipinski definition) is 4. The van der Waals surface area contributed by atoms with E-state index in [1.165, 1.54) is 0 Å². The third-order valence-electron chi connectivity index (χ3n) is 3.01. The Balaban J connectivity index is 4.11. The van der Waals surface area contributed by atoms with Crippen molar-refractivity contribution in [3.63, 3.8) is 0 Å². The number of ether oxygens (including phenoxy) is 2. The van der Waals surface area contributed by atoms with E-state index in [2.05, 4.69) is 37.9 Å². The Labute approximate surface area is 119 Å². The standard InChI is InChI=1S/C15H34N2O2/c1-7-18-11-9-17(10-12-19-8-2)14(3)13-16-15(4,5)6/h14,16H,7-13H2,1-6H3. The van der Waals surface area contributed by atoms with Crippen LogP contribution in [0, 0.1) is 0 Å². The van der Waals surface area contributed by atoms with Gasteiger partial charge in [-0.3, -0.25) is 4.90 Å². The van der Waals surface area contributed by atoms with E-state index < -0.39 is 0 Å². The Hall–Kier alpha value is -0.160. The van der Waals surface area contributed by atoms with Gasteiger partial charge in [-0.15, -0.1) is 0 Å². The van der Waals surface area contributed by atoms with Crippen LogP contribution in [-0.2, 0) is 9.47 Å². The molecule has 4 heteroatoms. The molecule has 1 N–H and O–H groups in total. The van der Waals surface area contributed by atoms with Crippen molar-refractivity contribution in [1.82, 2.24) is 10.2 Å². The quantitative estimate of drug-likeness (QED) is 0.585. The lowest BCUT2D eigenvalue weighted by molar-refractivity contribution is 0.0648. The predicted octanol–water partition coefficient (Wildman–Crippen LogP) is 2.14. The monoisotopic (exact) mass is 274 g/mol. The first kappa shape index (κ1) is 18.8. The minimum Gasteiger partial charge on any atom is -0.380 e. The van der Waals surface area contributed by atoms with Gasteiger partial charge in [0.05, 0.1) is 13.2 Å². The molecule has 0 amide bonds. The lowest BCUT2D eigenvalue weighted by Gasteiger charge is -2.32. The molecule has 0 aliphatic carbocycles. The maximum absolute atomic E-state index is 5.46. The van der Waals surface area contributed by atoms with Gasteiger partial charge in [0.1, 0.15) is 0 Å². The van der Waals surface area contributed by atoms with E-state index in [9.17, 15) is 0 Å². The second-order valence-corrected chi connectivity index (χ2v) is 5.91. The van der Waals surface area contributed by atoms with Crippen molar-refractivity contribution in [2.45, 2.75) is 53.1 Å². The van der Waals surface area contributed by atoms with Gasteiger partial charge < -0.3 is 14.8 Å². The van der Waals surface area contributed by atoms with Crippen molar-refractivity contribution in [3.05, 3.63) is 0 Å². The maximum atomic E-state index is 5.46. The van der Waals surface area contributed by atoms with E-state index in [-0.39, 0.29) is 5.54 Å². The predicted molar refractivity (Wildman–Crippen MR) is 81.8 cm³/mol. The normalized spacial score (nSPS) is 14.1.